The number of benzene rings is 1. The molecule has 3 fully saturated rings. The Balaban J connectivity index is 1.68. The average Bonchev–Trinajstić information content (AvgIpc) is 2.66. The molecule has 3 saturated heterocycles. The van der Waals surface area contributed by atoms with Crippen LogP contribution in [0.15, 0.2) is 30.5 Å². The lowest BCUT2D eigenvalue weighted by Crippen LogP contribution is -2.55. The smallest absolute Gasteiger partial charge is 0.119 e. The lowest BCUT2D eigenvalue weighted by Gasteiger charge is -2.51. The molecule has 1 aromatic carbocycles. The highest BCUT2D eigenvalue weighted by Crippen LogP contribution is 2.42. The Bertz CT molecular complexity index is 733. The molecule has 128 valence electrons. The SMILES string of the molecule is CC[C@H]1CN2CCC1C[C@@H]2[C@@H](O)c1ccnc2ccc(OC)cc12. The van der Waals surface area contributed by atoms with Gasteiger partial charge in [-0.1, -0.05) is 13.3 Å². The van der Waals surface area contributed by atoms with E-state index in [-0.39, 0.29) is 6.04 Å². The fourth-order valence-corrected chi connectivity index (χ4v) is 4.71. The van der Waals surface area contributed by atoms with E-state index in [1.807, 2.05) is 24.3 Å². The van der Waals surface area contributed by atoms with Crippen LogP contribution in [0.5, 0.6) is 5.75 Å². The molecule has 2 unspecified atom stereocenters. The van der Waals surface area contributed by atoms with Crippen LogP contribution in [0.4, 0.5) is 0 Å². The van der Waals surface area contributed by atoms with E-state index in [0.717, 1.165) is 53.6 Å². The molecule has 4 heteroatoms. The summed E-state index contributed by atoms with van der Waals surface area (Å²) >= 11 is 0. The summed E-state index contributed by atoms with van der Waals surface area (Å²) in [6, 6.07) is 8.07. The van der Waals surface area contributed by atoms with E-state index in [1.165, 1.54) is 12.8 Å². The van der Waals surface area contributed by atoms with Gasteiger partial charge in [-0.2, -0.15) is 0 Å². The van der Waals surface area contributed by atoms with Gasteiger partial charge in [-0.3, -0.25) is 9.88 Å². The van der Waals surface area contributed by atoms with Crippen LogP contribution >= 0.6 is 0 Å². The number of ether oxygens (including phenoxy) is 1. The van der Waals surface area contributed by atoms with Crippen molar-refractivity contribution in [2.75, 3.05) is 20.2 Å². The molecule has 5 rings (SSSR count). The number of aliphatic hydroxyl groups excluding tert-OH is 1. The average molecular weight is 326 g/mol. The Morgan fingerprint density at radius 2 is 2.25 bits per heavy atom. The molecule has 1 N–H and O–H groups in total. The van der Waals surface area contributed by atoms with Gasteiger partial charge in [0.15, 0.2) is 0 Å². The number of piperidine rings is 3. The van der Waals surface area contributed by atoms with Crippen molar-refractivity contribution in [1.82, 2.24) is 9.88 Å². The first-order valence-corrected chi connectivity index (χ1v) is 9.06. The van der Waals surface area contributed by atoms with E-state index in [0.29, 0.717) is 0 Å². The van der Waals surface area contributed by atoms with E-state index in [2.05, 4.69) is 16.8 Å². The lowest BCUT2D eigenvalue weighted by atomic mass is 9.72. The molecule has 0 saturated carbocycles. The first-order chi connectivity index (χ1) is 11.7. The van der Waals surface area contributed by atoms with E-state index >= 15 is 0 Å². The maximum atomic E-state index is 11.2. The third-order valence-corrected chi connectivity index (χ3v) is 6.13. The minimum absolute atomic E-state index is 0.225. The van der Waals surface area contributed by atoms with Gasteiger partial charge in [0, 0.05) is 24.2 Å². The van der Waals surface area contributed by atoms with Crippen LogP contribution in [0.2, 0.25) is 0 Å². The van der Waals surface area contributed by atoms with E-state index in [9.17, 15) is 5.11 Å². The quantitative estimate of drug-likeness (QED) is 0.935. The Labute approximate surface area is 143 Å². The first kappa shape index (κ1) is 15.9. The third-order valence-electron chi connectivity index (χ3n) is 6.13. The second-order valence-electron chi connectivity index (χ2n) is 7.24. The van der Waals surface area contributed by atoms with Crippen molar-refractivity contribution in [3.63, 3.8) is 0 Å². The number of hydrogen-bond donors (Lipinski definition) is 1. The molecule has 3 aliphatic heterocycles. The van der Waals surface area contributed by atoms with Crippen molar-refractivity contribution >= 4 is 10.9 Å². The zero-order valence-electron chi connectivity index (χ0n) is 14.5. The fraction of sp³-hybridized carbons (Fsp3) is 0.550. The maximum absolute atomic E-state index is 11.2. The minimum atomic E-state index is -0.469. The van der Waals surface area contributed by atoms with Crippen LogP contribution in [0, 0.1) is 11.8 Å². The molecule has 3 aliphatic rings. The van der Waals surface area contributed by atoms with Gasteiger partial charge in [0.2, 0.25) is 0 Å². The number of nitrogens with zero attached hydrogens (tertiary/aromatic N) is 2. The third kappa shape index (κ3) is 2.58. The van der Waals surface area contributed by atoms with E-state index in [1.54, 1.807) is 13.3 Å². The second kappa shape index (κ2) is 6.34. The predicted octanol–water partition coefficient (Wildman–Crippen LogP) is 3.40. The summed E-state index contributed by atoms with van der Waals surface area (Å²) in [5, 5.41) is 12.2. The van der Waals surface area contributed by atoms with E-state index in [4.69, 9.17) is 4.74 Å². The van der Waals surface area contributed by atoms with Gasteiger partial charge in [0.1, 0.15) is 5.75 Å². The number of fused-ring (bicyclic) bond motifs is 4. The highest BCUT2D eigenvalue weighted by molar-refractivity contribution is 5.83. The van der Waals surface area contributed by atoms with Crippen LogP contribution in [0.1, 0.15) is 37.9 Å². The Morgan fingerprint density at radius 1 is 1.38 bits per heavy atom. The summed E-state index contributed by atoms with van der Waals surface area (Å²) in [5.74, 6) is 2.37. The highest BCUT2D eigenvalue weighted by Gasteiger charge is 2.42. The number of hydrogen-bond acceptors (Lipinski definition) is 4. The number of methoxy groups -OCH3 is 1. The van der Waals surface area contributed by atoms with Crippen LogP contribution in [-0.4, -0.2) is 41.2 Å². The minimum Gasteiger partial charge on any atom is -0.497 e. The first-order valence-electron chi connectivity index (χ1n) is 9.06. The molecule has 4 nitrogen and oxygen atoms in total. The highest BCUT2D eigenvalue weighted by atomic mass is 16.5. The summed E-state index contributed by atoms with van der Waals surface area (Å²) in [6.45, 7) is 4.55. The van der Waals surface area contributed by atoms with Crippen LogP contribution in [0.3, 0.4) is 0 Å². The standard InChI is InChI=1S/C20H26N2O2/c1-3-13-12-22-9-7-14(13)10-19(22)20(23)16-6-8-21-18-5-4-15(24-2)11-17(16)18/h4-6,8,11,13-14,19-20,23H,3,7,9-10,12H2,1-2H3/t13-,14?,19+,20-/m0/s1. The van der Waals surface area contributed by atoms with Crippen molar-refractivity contribution in [1.29, 1.82) is 0 Å². The Kier molecular flexibility index (Phi) is 4.19. The molecule has 2 aromatic rings. The molecule has 1 aromatic heterocycles. The molecule has 0 aliphatic carbocycles. The molecular formula is C20H26N2O2. The van der Waals surface area contributed by atoms with Crippen molar-refractivity contribution in [3.8, 4) is 5.75 Å². The van der Waals surface area contributed by atoms with Gasteiger partial charge in [-0.15, -0.1) is 0 Å². The largest absolute Gasteiger partial charge is 0.497 e. The van der Waals surface area contributed by atoms with Gasteiger partial charge in [0.05, 0.1) is 18.7 Å². The molecule has 0 spiro atoms. The second-order valence-corrected chi connectivity index (χ2v) is 7.24. The van der Waals surface area contributed by atoms with Crippen LogP contribution in [-0.2, 0) is 0 Å². The van der Waals surface area contributed by atoms with Crippen molar-refractivity contribution in [2.24, 2.45) is 11.8 Å². The topological polar surface area (TPSA) is 45.6 Å². The Morgan fingerprint density at radius 3 is 2.96 bits per heavy atom. The summed E-state index contributed by atoms with van der Waals surface area (Å²) in [6.07, 6.45) is 4.97. The molecule has 0 amide bonds. The van der Waals surface area contributed by atoms with Gasteiger partial charge >= 0.3 is 0 Å². The van der Waals surface area contributed by atoms with Crippen LogP contribution in [0.25, 0.3) is 10.9 Å². The molecule has 24 heavy (non-hydrogen) atoms. The summed E-state index contributed by atoms with van der Waals surface area (Å²) in [7, 11) is 1.67. The summed E-state index contributed by atoms with van der Waals surface area (Å²) in [4.78, 5) is 6.94. The monoisotopic (exact) mass is 326 g/mol. The molecule has 2 bridgehead atoms. The normalized spacial score (nSPS) is 30.5. The zero-order chi connectivity index (χ0) is 16.7. The molecule has 5 atom stereocenters. The number of aromatic nitrogens is 1. The van der Waals surface area contributed by atoms with Gasteiger partial charge in [-0.05, 0) is 61.1 Å². The molecular weight excluding hydrogens is 300 g/mol. The van der Waals surface area contributed by atoms with E-state index < -0.39 is 6.10 Å². The summed E-state index contributed by atoms with van der Waals surface area (Å²) < 4.78 is 5.36. The number of aliphatic hydroxyl groups is 1. The van der Waals surface area contributed by atoms with Crippen molar-refractivity contribution < 1.29 is 9.84 Å². The number of pyridine rings is 1. The zero-order valence-corrected chi connectivity index (χ0v) is 14.5. The maximum Gasteiger partial charge on any atom is 0.119 e. The predicted molar refractivity (Wildman–Crippen MR) is 95.1 cm³/mol. The van der Waals surface area contributed by atoms with Gasteiger partial charge in [-0.25, -0.2) is 0 Å². The fourth-order valence-electron chi connectivity index (χ4n) is 4.71. The number of rotatable bonds is 4. The Hall–Kier alpha value is -1.65. The van der Waals surface area contributed by atoms with Gasteiger partial charge in [0.25, 0.3) is 0 Å². The van der Waals surface area contributed by atoms with Crippen molar-refractivity contribution in [3.05, 3.63) is 36.0 Å². The lowest BCUT2D eigenvalue weighted by molar-refractivity contribution is -0.0562. The van der Waals surface area contributed by atoms with Crippen molar-refractivity contribution in [2.45, 2.75) is 38.3 Å². The van der Waals surface area contributed by atoms with Gasteiger partial charge < -0.3 is 9.84 Å². The summed E-state index contributed by atoms with van der Waals surface area (Å²) in [5.41, 5.74) is 1.89. The van der Waals surface area contributed by atoms with Crippen LogP contribution < -0.4 is 4.74 Å². The molecule has 0 radical (unpaired) electrons. The molecule has 4 heterocycles.